The number of rotatable bonds is 2. The number of benzene rings is 1. The van der Waals surface area contributed by atoms with Gasteiger partial charge in [-0.15, -0.1) is 0 Å². The summed E-state index contributed by atoms with van der Waals surface area (Å²) < 4.78 is 41.1. The minimum absolute atomic E-state index is 0.177. The molecule has 1 aliphatic rings. The molecule has 0 radical (unpaired) electrons. The van der Waals surface area contributed by atoms with Crippen LogP contribution in [0, 0.1) is 17.5 Å². The molecule has 0 atom stereocenters. The summed E-state index contributed by atoms with van der Waals surface area (Å²) in [6.07, 6.45) is 3.33. The Labute approximate surface area is 110 Å². The van der Waals surface area contributed by atoms with Crippen LogP contribution in [-0.4, -0.2) is 6.08 Å². The third-order valence-corrected chi connectivity index (χ3v) is 3.84. The topological polar surface area (TPSA) is 29.4 Å². The molecule has 0 aliphatic heterocycles. The lowest BCUT2D eigenvalue weighted by molar-refractivity contribution is 0.385. The van der Waals surface area contributed by atoms with Crippen LogP contribution in [-0.2, 0) is 10.3 Å². The standard InChI is InChI=1S/C12H9BrF3NO/c13-7-5-8(14)11(16)9(10(7)15)12(17-6-18)3-1-2-4-12/h5H,1-4H2. The monoisotopic (exact) mass is 319 g/mol. The molecule has 0 amide bonds. The average molecular weight is 320 g/mol. The summed E-state index contributed by atoms with van der Waals surface area (Å²) in [6.45, 7) is 0. The lowest BCUT2D eigenvalue weighted by atomic mass is 9.88. The maximum absolute atomic E-state index is 14.0. The number of carbonyl (C=O) groups excluding carboxylic acids is 1. The molecule has 2 rings (SSSR count). The highest BCUT2D eigenvalue weighted by molar-refractivity contribution is 9.10. The van der Waals surface area contributed by atoms with Crippen molar-refractivity contribution in [2.75, 3.05) is 0 Å². The number of halogens is 4. The van der Waals surface area contributed by atoms with E-state index in [2.05, 4.69) is 20.9 Å². The molecule has 0 unspecified atom stereocenters. The Balaban J connectivity index is 2.72. The highest BCUT2D eigenvalue weighted by atomic mass is 79.9. The minimum atomic E-state index is -1.32. The molecule has 0 heterocycles. The van der Waals surface area contributed by atoms with E-state index in [1.807, 2.05) is 0 Å². The predicted octanol–water partition coefficient (Wildman–Crippen LogP) is 3.97. The van der Waals surface area contributed by atoms with E-state index < -0.39 is 28.6 Å². The van der Waals surface area contributed by atoms with E-state index in [4.69, 9.17) is 0 Å². The van der Waals surface area contributed by atoms with Crippen LogP contribution >= 0.6 is 15.9 Å². The van der Waals surface area contributed by atoms with Crippen molar-refractivity contribution in [3.63, 3.8) is 0 Å². The average Bonchev–Trinajstić information content (AvgIpc) is 2.77. The molecule has 1 aromatic carbocycles. The smallest absolute Gasteiger partial charge is 0.211 e. The van der Waals surface area contributed by atoms with E-state index in [0.717, 1.165) is 6.07 Å². The summed E-state index contributed by atoms with van der Waals surface area (Å²) in [7, 11) is 0. The summed E-state index contributed by atoms with van der Waals surface area (Å²) in [5, 5.41) is 0. The molecule has 0 N–H and O–H groups in total. The van der Waals surface area contributed by atoms with Crippen LogP contribution in [0.3, 0.4) is 0 Å². The molecule has 0 saturated heterocycles. The maximum atomic E-state index is 14.0. The van der Waals surface area contributed by atoms with Crippen molar-refractivity contribution < 1.29 is 18.0 Å². The van der Waals surface area contributed by atoms with E-state index in [1.165, 1.54) is 6.08 Å². The van der Waals surface area contributed by atoms with Crippen LogP contribution in [0.5, 0.6) is 0 Å². The van der Waals surface area contributed by atoms with Gasteiger partial charge in [0.1, 0.15) is 11.4 Å². The zero-order valence-corrected chi connectivity index (χ0v) is 10.9. The summed E-state index contributed by atoms with van der Waals surface area (Å²) in [5.74, 6) is -3.35. The second-order valence-electron chi connectivity index (χ2n) is 4.28. The highest BCUT2D eigenvalue weighted by Crippen LogP contribution is 2.45. The van der Waals surface area contributed by atoms with Gasteiger partial charge in [0.2, 0.25) is 6.08 Å². The molecule has 0 aromatic heterocycles. The lowest BCUT2D eigenvalue weighted by Gasteiger charge is -2.24. The van der Waals surface area contributed by atoms with Gasteiger partial charge in [-0.2, -0.15) is 4.99 Å². The predicted molar refractivity (Wildman–Crippen MR) is 62.3 cm³/mol. The van der Waals surface area contributed by atoms with Crippen molar-refractivity contribution in [3.05, 3.63) is 33.6 Å². The van der Waals surface area contributed by atoms with Crippen LogP contribution in [0.4, 0.5) is 13.2 Å². The summed E-state index contributed by atoms with van der Waals surface area (Å²) in [6, 6.07) is 0.724. The zero-order valence-electron chi connectivity index (χ0n) is 9.27. The molecule has 0 spiro atoms. The molecule has 1 saturated carbocycles. The van der Waals surface area contributed by atoms with Gasteiger partial charge < -0.3 is 0 Å². The Bertz CT molecular complexity index is 508. The third-order valence-electron chi connectivity index (χ3n) is 3.27. The number of nitrogens with zero attached hydrogens (tertiary/aromatic N) is 1. The first-order chi connectivity index (χ1) is 8.52. The van der Waals surface area contributed by atoms with Crippen molar-refractivity contribution in [1.82, 2.24) is 0 Å². The second kappa shape index (κ2) is 4.86. The molecule has 96 valence electrons. The Kier molecular flexibility index (Phi) is 3.59. The summed E-state index contributed by atoms with van der Waals surface area (Å²) in [5.41, 5.74) is -1.80. The van der Waals surface area contributed by atoms with E-state index >= 15 is 0 Å². The van der Waals surface area contributed by atoms with Gasteiger partial charge in [0.05, 0.1) is 10.0 Å². The van der Waals surface area contributed by atoms with Crippen molar-refractivity contribution in [3.8, 4) is 0 Å². The Morgan fingerprint density at radius 1 is 1.22 bits per heavy atom. The quantitative estimate of drug-likeness (QED) is 0.460. The normalized spacial score (nSPS) is 17.6. The Hall–Kier alpha value is -1.13. The molecular weight excluding hydrogens is 311 g/mol. The van der Waals surface area contributed by atoms with Gasteiger partial charge in [0.25, 0.3) is 0 Å². The SMILES string of the molecule is O=C=NC1(c2c(F)c(F)cc(Br)c2F)CCCC1. The van der Waals surface area contributed by atoms with E-state index in [0.29, 0.717) is 25.7 Å². The number of aliphatic imine (C=N–C) groups is 1. The largest absolute Gasteiger partial charge is 0.235 e. The zero-order chi connectivity index (χ0) is 13.3. The fourth-order valence-corrected chi connectivity index (χ4v) is 2.85. The van der Waals surface area contributed by atoms with Gasteiger partial charge in [0, 0.05) is 0 Å². The molecular formula is C12H9BrF3NO. The highest BCUT2D eigenvalue weighted by Gasteiger charge is 2.41. The maximum Gasteiger partial charge on any atom is 0.235 e. The first-order valence-electron chi connectivity index (χ1n) is 5.44. The fourth-order valence-electron chi connectivity index (χ4n) is 2.45. The summed E-state index contributed by atoms with van der Waals surface area (Å²) in [4.78, 5) is 14.0. The number of hydrogen-bond acceptors (Lipinski definition) is 2. The van der Waals surface area contributed by atoms with E-state index in [-0.39, 0.29) is 4.47 Å². The van der Waals surface area contributed by atoms with Crippen LogP contribution in [0.25, 0.3) is 0 Å². The molecule has 1 fully saturated rings. The van der Waals surface area contributed by atoms with E-state index in [9.17, 15) is 18.0 Å². The molecule has 1 aromatic rings. The van der Waals surface area contributed by atoms with Gasteiger partial charge in [-0.25, -0.2) is 18.0 Å². The van der Waals surface area contributed by atoms with Crippen LogP contribution < -0.4 is 0 Å². The van der Waals surface area contributed by atoms with Gasteiger partial charge in [-0.3, -0.25) is 0 Å². The lowest BCUT2D eigenvalue weighted by Crippen LogP contribution is -2.23. The van der Waals surface area contributed by atoms with Crippen molar-refractivity contribution in [2.45, 2.75) is 31.2 Å². The fraction of sp³-hybridized carbons (Fsp3) is 0.417. The first-order valence-corrected chi connectivity index (χ1v) is 6.23. The number of hydrogen-bond donors (Lipinski definition) is 0. The molecule has 0 bridgehead atoms. The van der Waals surface area contributed by atoms with Crippen LogP contribution in [0.15, 0.2) is 15.5 Å². The number of isocyanates is 1. The van der Waals surface area contributed by atoms with Crippen LogP contribution in [0.1, 0.15) is 31.2 Å². The van der Waals surface area contributed by atoms with Gasteiger partial charge >= 0.3 is 0 Å². The first kappa shape index (κ1) is 13.3. The third kappa shape index (κ3) is 1.99. The molecule has 6 heteroatoms. The van der Waals surface area contributed by atoms with Crippen molar-refractivity contribution in [2.24, 2.45) is 4.99 Å². The van der Waals surface area contributed by atoms with Gasteiger partial charge in [0.15, 0.2) is 11.6 Å². The molecule has 18 heavy (non-hydrogen) atoms. The van der Waals surface area contributed by atoms with Gasteiger partial charge in [-0.05, 0) is 34.8 Å². The second-order valence-corrected chi connectivity index (χ2v) is 5.14. The van der Waals surface area contributed by atoms with Crippen molar-refractivity contribution >= 4 is 22.0 Å². The molecule has 1 aliphatic carbocycles. The summed E-state index contributed by atoms with van der Waals surface area (Å²) >= 11 is 2.83. The minimum Gasteiger partial charge on any atom is -0.211 e. The Morgan fingerprint density at radius 3 is 2.39 bits per heavy atom. The van der Waals surface area contributed by atoms with Gasteiger partial charge in [-0.1, -0.05) is 12.8 Å². The Morgan fingerprint density at radius 2 is 1.83 bits per heavy atom. The van der Waals surface area contributed by atoms with E-state index in [1.54, 1.807) is 0 Å². The van der Waals surface area contributed by atoms with Crippen LogP contribution in [0.2, 0.25) is 0 Å². The molecule has 2 nitrogen and oxygen atoms in total. The van der Waals surface area contributed by atoms with Crippen molar-refractivity contribution in [1.29, 1.82) is 0 Å².